The van der Waals surface area contributed by atoms with E-state index < -0.39 is 0 Å². The molecule has 0 bridgehead atoms. The number of ether oxygens (including phenoxy) is 1. The van der Waals surface area contributed by atoms with Gasteiger partial charge in [-0.25, -0.2) is 0 Å². The zero-order chi connectivity index (χ0) is 14.6. The molecule has 0 atom stereocenters. The van der Waals surface area contributed by atoms with Crippen molar-refractivity contribution in [3.63, 3.8) is 0 Å². The van der Waals surface area contributed by atoms with Crippen LogP contribution >= 0.6 is 0 Å². The van der Waals surface area contributed by atoms with Gasteiger partial charge < -0.3 is 25.1 Å². The number of methoxy groups -OCH3 is 1. The van der Waals surface area contributed by atoms with Crippen LogP contribution in [0.3, 0.4) is 0 Å². The number of hydrogen-bond acceptors (Lipinski definition) is 7. The highest BCUT2D eigenvalue weighted by Crippen LogP contribution is 2.04. The van der Waals surface area contributed by atoms with Crippen molar-refractivity contribution in [2.75, 3.05) is 38.7 Å². The van der Waals surface area contributed by atoms with Crippen molar-refractivity contribution in [2.45, 2.75) is 26.3 Å². The molecule has 8 heteroatoms. The molecule has 8 nitrogen and oxygen atoms in total. The van der Waals surface area contributed by atoms with E-state index in [0.29, 0.717) is 44.6 Å². The average Bonchev–Trinajstić information content (AvgIpc) is 2.89. The monoisotopic (exact) mass is 285 g/mol. The number of amides is 1. The predicted molar refractivity (Wildman–Crippen MR) is 74.3 cm³/mol. The molecule has 114 valence electrons. The number of hydrogen-bond donors (Lipinski definition) is 3. The Kier molecular flexibility index (Phi) is 8.32. The molecule has 0 saturated carbocycles. The van der Waals surface area contributed by atoms with Gasteiger partial charge in [0.25, 0.3) is 0 Å². The van der Waals surface area contributed by atoms with E-state index in [1.807, 2.05) is 6.92 Å². The Labute approximate surface area is 118 Å². The lowest BCUT2D eigenvalue weighted by molar-refractivity contribution is -0.120. The number of nitrogens with zero attached hydrogens (tertiary/aromatic N) is 2. The Balaban J connectivity index is 2.15. The topological polar surface area (TPSA) is 101 Å². The second-order valence-electron chi connectivity index (χ2n) is 4.20. The molecule has 3 N–H and O–H groups in total. The van der Waals surface area contributed by atoms with Crippen LogP contribution in [-0.2, 0) is 16.1 Å². The van der Waals surface area contributed by atoms with E-state index in [-0.39, 0.29) is 5.91 Å². The van der Waals surface area contributed by atoms with Gasteiger partial charge in [-0.05, 0) is 6.42 Å². The van der Waals surface area contributed by atoms with Crippen LogP contribution in [0.4, 0.5) is 6.01 Å². The second kappa shape index (κ2) is 10.2. The molecule has 0 saturated heterocycles. The van der Waals surface area contributed by atoms with Crippen LogP contribution < -0.4 is 16.0 Å². The minimum atomic E-state index is 0.0142. The maximum absolute atomic E-state index is 11.4. The van der Waals surface area contributed by atoms with Gasteiger partial charge in [0.15, 0.2) is 0 Å². The lowest BCUT2D eigenvalue weighted by Gasteiger charge is -2.03. The van der Waals surface area contributed by atoms with Crippen molar-refractivity contribution >= 4 is 11.9 Å². The van der Waals surface area contributed by atoms with Gasteiger partial charge in [0.2, 0.25) is 11.8 Å². The highest BCUT2D eigenvalue weighted by molar-refractivity contribution is 5.76. The van der Waals surface area contributed by atoms with E-state index >= 15 is 0 Å². The van der Waals surface area contributed by atoms with Crippen molar-refractivity contribution in [3.05, 3.63) is 5.89 Å². The predicted octanol–water partition coefficient (Wildman–Crippen LogP) is 0.134. The third-order valence-corrected chi connectivity index (χ3v) is 2.43. The molecule has 0 unspecified atom stereocenters. The minimum absolute atomic E-state index is 0.0142. The Morgan fingerprint density at radius 1 is 1.30 bits per heavy atom. The van der Waals surface area contributed by atoms with Gasteiger partial charge in [-0.2, -0.15) is 0 Å². The zero-order valence-corrected chi connectivity index (χ0v) is 12.1. The molecule has 1 amide bonds. The number of aromatic nitrogens is 2. The zero-order valence-electron chi connectivity index (χ0n) is 12.1. The first-order valence-electron chi connectivity index (χ1n) is 6.78. The van der Waals surface area contributed by atoms with Crippen LogP contribution in [0.25, 0.3) is 0 Å². The summed E-state index contributed by atoms with van der Waals surface area (Å²) in [6.07, 6.45) is 1.31. The molecule has 0 radical (unpaired) electrons. The average molecular weight is 285 g/mol. The van der Waals surface area contributed by atoms with Gasteiger partial charge in [0.05, 0.1) is 13.2 Å². The third kappa shape index (κ3) is 7.05. The highest BCUT2D eigenvalue weighted by atomic mass is 16.5. The fraction of sp³-hybridized carbons (Fsp3) is 0.750. The molecule has 20 heavy (non-hydrogen) atoms. The van der Waals surface area contributed by atoms with E-state index in [0.717, 1.165) is 13.0 Å². The van der Waals surface area contributed by atoms with Gasteiger partial charge in [-0.3, -0.25) is 4.79 Å². The van der Waals surface area contributed by atoms with Gasteiger partial charge in [0, 0.05) is 33.2 Å². The van der Waals surface area contributed by atoms with Gasteiger partial charge in [-0.15, -0.1) is 5.10 Å². The van der Waals surface area contributed by atoms with E-state index in [2.05, 4.69) is 26.1 Å². The summed E-state index contributed by atoms with van der Waals surface area (Å²) in [4.78, 5) is 11.4. The van der Waals surface area contributed by atoms with Crippen molar-refractivity contribution in [1.82, 2.24) is 20.8 Å². The fourth-order valence-electron chi connectivity index (χ4n) is 1.40. The number of carbonyl (C=O) groups excluding carboxylic acids is 1. The molecule has 0 fully saturated rings. The molecule has 0 aromatic carbocycles. The first kappa shape index (κ1) is 16.4. The lowest BCUT2D eigenvalue weighted by atomic mass is 10.4. The number of nitrogens with one attached hydrogen (secondary N) is 3. The first-order chi connectivity index (χ1) is 9.76. The molecule has 0 aliphatic carbocycles. The summed E-state index contributed by atoms with van der Waals surface area (Å²) in [5.74, 6) is 0.513. The smallest absolute Gasteiger partial charge is 0.315 e. The summed E-state index contributed by atoms with van der Waals surface area (Å²) >= 11 is 0. The van der Waals surface area contributed by atoms with Crippen LogP contribution in [-0.4, -0.2) is 49.5 Å². The molecule has 1 rings (SSSR count). The van der Waals surface area contributed by atoms with Crippen LogP contribution in [0.15, 0.2) is 4.42 Å². The number of carbonyl (C=O) groups is 1. The van der Waals surface area contributed by atoms with Gasteiger partial charge >= 0.3 is 6.01 Å². The molecule has 0 aliphatic rings. The summed E-state index contributed by atoms with van der Waals surface area (Å²) in [5, 5.41) is 16.5. The maximum Gasteiger partial charge on any atom is 0.315 e. The highest BCUT2D eigenvalue weighted by Gasteiger charge is 2.06. The summed E-state index contributed by atoms with van der Waals surface area (Å²) in [6.45, 7) is 5.03. The number of rotatable bonds is 11. The number of anilines is 1. The fourth-order valence-corrected chi connectivity index (χ4v) is 1.40. The summed E-state index contributed by atoms with van der Waals surface area (Å²) < 4.78 is 10.3. The Hall–Kier alpha value is -1.67. The Bertz CT molecular complexity index is 383. The first-order valence-corrected chi connectivity index (χ1v) is 6.78. The van der Waals surface area contributed by atoms with Crippen molar-refractivity contribution in [1.29, 1.82) is 0 Å². The van der Waals surface area contributed by atoms with Crippen molar-refractivity contribution in [3.8, 4) is 0 Å². The van der Waals surface area contributed by atoms with E-state index in [4.69, 9.17) is 9.15 Å². The molecule has 0 aliphatic heterocycles. The Morgan fingerprint density at radius 2 is 2.15 bits per heavy atom. The molecular formula is C12H23N5O3. The van der Waals surface area contributed by atoms with E-state index in [1.165, 1.54) is 0 Å². The maximum atomic E-state index is 11.4. The Morgan fingerprint density at radius 3 is 2.90 bits per heavy atom. The normalized spacial score (nSPS) is 10.5. The molecular weight excluding hydrogens is 262 g/mol. The van der Waals surface area contributed by atoms with E-state index in [9.17, 15) is 4.79 Å². The standard InChI is InChI=1S/C12H23N5O3/c1-3-5-14-10(18)4-6-15-12-17-16-11(20-12)9-13-7-8-19-2/h13H,3-9H2,1-2H3,(H,14,18)(H,15,17). The quantitative estimate of drug-likeness (QED) is 0.497. The van der Waals surface area contributed by atoms with Crippen LogP contribution in [0.5, 0.6) is 0 Å². The third-order valence-electron chi connectivity index (χ3n) is 2.43. The molecule has 0 spiro atoms. The van der Waals surface area contributed by atoms with Crippen LogP contribution in [0.1, 0.15) is 25.7 Å². The van der Waals surface area contributed by atoms with Gasteiger partial charge in [-0.1, -0.05) is 12.0 Å². The van der Waals surface area contributed by atoms with Crippen LogP contribution in [0.2, 0.25) is 0 Å². The SMILES string of the molecule is CCCNC(=O)CCNc1nnc(CNCCOC)o1. The largest absolute Gasteiger partial charge is 0.407 e. The summed E-state index contributed by atoms with van der Waals surface area (Å²) in [6, 6.07) is 0.330. The van der Waals surface area contributed by atoms with E-state index in [1.54, 1.807) is 7.11 Å². The van der Waals surface area contributed by atoms with Gasteiger partial charge in [0.1, 0.15) is 0 Å². The molecule has 1 aromatic heterocycles. The molecule has 1 heterocycles. The van der Waals surface area contributed by atoms with Crippen molar-refractivity contribution in [2.24, 2.45) is 0 Å². The molecule has 1 aromatic rings. The second-order valence-corrected chi connectivity index (χ2v) is 4.20. The minimum Gasteiger partial charge on any atom is -0.407 e. The summed E-state index contributed by atoms with van der Waals surface area (Å²) in [7, 11) is 1.65. The lowest BCUT2D eigenvalue weighted by Crippen LogP contribution is -2.25. The summed E-state index contributed by atoms with van der Waals surface area (Å²) in [5.41, 5.74) is 0. The van der Waals surface area contributed by atoms with Crippen molar-refractivity contribution < 1.29 is 13.9 Å². The van der Waals surface area contributed by atoms with Crippen LogP contribution in [0, 0.1) is 0 Å².